The van der Waals surface area contributed by atoms with Gasteiger partial charge in [-0.05, 0) is 15.9 Å². The molecule has 50 valence electrons. The summed E-state index contributed by atoms with van der Waals surface area (Å²) in [4.78, 5) is 3.93. The average Bonchev–Trinajstić information content (AvgIpc) is 2.15. The van der Waals surface area contributed by atoms with Gasteiger partial charge in [-0.1, -0.05) is 0 Å². The number of aromatic nitrogens is 2. The molecule has 0 unspecified atom stereocenters. The normalized spacial score (nSPS) is 9.67. The van der Waals surface area contributed by atoms with E-state index in [1.807, 2.05) is 7.05 Å². The molecular weight excluding hydrogens is 184 g/mol. The van der Waals surface area contributed by atoms with Crippen LogP contribution >= 0.6 is 15.9 Å². The lowest BCUT2D eigenvalue weighted by atomic mass is 10.9. The number of methoxy groups -OCH3 is 1. The van der Waals surface area contributed by atoms with Gasteiger partial charge in [-0.2, -0.15) is 0 Å². The van der Waals surface area contributed by atoms with Crippen LogP contribution in [-0.4, -0.2) is 16.7 Å². The van der Waals surface area contributed by atoms with E-state index in [1.54, 1.807) is 17.9 Å². The first-order valence-electron chi connectivity index (χ1n) is 2.47. The molecule has 0 aliphatic heterocycles. The van der Waals surface area contributed by atoms with E-state index in [0.29, 0.717) is 6.01 Å². The van der Waals surface area contributed by atoms with Crippen molar-refractivity contribution in [1.29, 1.82) is 0 Å². The van der Waals surface area contributed by atoms with Gasteiger partial charge in [-0.25, -0.2) is 4.98 Å². The molecule has 0 saturated heterocycles. The van der Waals surface area contributed by atoms with E-state index in [9.17, 15) is 0 Å². The standard InChI is InChI=1S/C5H7BrN2O/c1-8-4(6)3-7-5(8)9-2/h3H,1-2H3. The molecule has 0 spiro atoms. The Morgan fingerprint density at radius 1 is 1.78 bits per heavy atom. The third kappa shape index (κ3) is 1.08. The average molecular weight is 191 g/mol. The smallest absolute Gasteiger partial charge is 0.296 e. The van der Waals surface area contributed by atoms with E-state index in [4.69, 9.17) is 4.74 Å². The molecule has 0 bridgehead atoms. The van der Waals surface area contributed by atoms with Crippen molar-refractivity contribution in [3.05, 3.63) is 10.8 Å². The maximum Gasteiger partial charge on any atom is 0.296 e. The van der Waals surface area contributed by atoms with Crippen LogP contribution in [0.15, 0.2) is 10.8 Å². The van der Waals surface area contributed by atoms with E-state index in [0.717, 1.165) is 4.60 Å². The highest BCUT2D eigenvalue weighted by atomic mass is 79.9. The van der Waals surface area contributed by atoms with Crippen molar-refractivity contribution >= 4 is 15.9 Å². The molecule has 0 amide bonds. The molecule has 1 rings (SSSR count). The summed E-state index contributed by atoms with van der Waals surface area (Å²) in [7, 11) is 3.46. The quantitative estimate of drug-likeness (QED) is 0.666. The van der Waals surface area contributed by atoms with Crippen LogP contribution in [0.5, 0.6) is 6.01 Å². The van der Waals surface area contributed by atoms with Crippen LogP contribution in [0.4, 0.5) is 0 Å². The molecule has 1 aromatic rings. The van der Waals surface area contributed by atoms with E-state index in [-0.39, 0.29) is 0 Å². The summed E-state index contributed by atoms with van der Waals surface area (Å²) < 4.78 is 7.61. The van der Waals surface area contributed by atoms with Crippen LogP contribution < -0.4 is 4.74 Å². The van der Waals surface area contributed by atoms with E-state index in [2.05, 4.69) is 20.9 Å². The Labute approximate surface area is 61.8 Å². The molecule has 1 aromatic heterocycles. The lowest BCUT2D eigenvalue weighted by Crippen LogP contribution is -1.93. The summed E-state index contributed by atoms with van der Waals surface area (Å²) in [5.41, 5.74) is 0. The zero-order chi connectivity index (χ0) is 6.85. The predicted molar refractivity (Wildman–Crippen MR) is 37.5 cm³/mol. The van der Waals surface area contributed by atoms with Gasteiger partial charge in [-0.15, -0.1) is 0 Å². The molecule has 9 heavy (non-hydrogen) atoms. The van der Waals surface area contributed by atoms with Crippen LogP contribution in [0.25, 0.3) is 0 Å². The Morgan fingerprint density at radius 2 is 2.44 bits per heavy atom. The molecule has 0 fully saturated rings. The van der Waals surface area contributed by atoms with Gasteiger partial charge >= 0.3 is 0 Å². The van der Waals surface area contributed by atoms with Crippen molar-refractivity contribution in [3.8, 4) is 6.01 Å². The van der Waals surface area contributed by atoms with Gasteiger partial charge in [0, 0.05) is 7.05 Å². The molecule has 0 saturated carbocycles. The number of rotatable bonds is 1. The number of hydrogen-bond acceptors (Lipinski definition) is 2. The molecule has 1 heterocycles. The van der Waals surface area contributed by atoms with Crippen LogP contribution in [0.2, 0.25) is 0 Å². The zero-order valence-electron chi connectivity index (χ0n) is 5.26. The second-order valence-electron chi connectivity index (χ2n) is 1.63. The van der Waals surface area contributed by atoms with Crippen LogP contribution in [0.3, 0.4) is 0 Å². The van der Waals surface area contributed by atoms with E-state index >= 15 is 0 Å². The van der Waals surface area contributed by atoms with Gasteiger partial charge < -0.3 is 4.74 Å². The molecule has 0 aliphatic rings. The minimum Gasteiger partial charge on any atom is -0.468 e. The summed E-state index contributed by atoms with van der Waals surface area (Å²) in [6, 6.07) is 0.613. The molecule has 0 atom stereocenters. The first-order chi connectivity index (χ1) is 4.25. The Kier molecular flexibility index (Phi) is 1.75. The van der Waals surface area contributed by atoms with E-state index in [1.165, 1.54) is 0 Å². The fourth-order valence-electron chi connectivity index (χ4n) is 0.563. The number of imidazole rings is 1. The highest BCUT2D eigenvalue weighted by Gasteiger charge is 2.00. The molecular formula is C5H7BrN2O. The van der Waals surface area contributed by atoms with E-state index < -0.39 is 0 Å². The molecule has 0 N–H and O–H groups in total. The maximum atomic E-state index is 4.89. The first kappa shape index (κ1) is 6.61. The van der Waals surface area contributed by atoms with Crippen molar-refractivity contribution in [2.75, 3.05) is 7.11 Å². The van der Waals surface area contributed by atoms with Gasteiger partial charge in [0.15, 0.2) is 0 Å². The third-order valence-corrected chi connectivity index (χ3v) is 1.81. The lowest BCUT2D eigenvalue weighted by molar-refractivity contribution is 0.365. The lowest BCUT2D eigenvalue weighted by Gasteiger charge is -1.97. The van der Waals surface area contributed by atoms with Crippen LogP contribution in [0, 0.1) is 0 Å². The monoisotopic (exact) mass is 190 g/mol. The van der Waals surface area contributed by atoms with Crippen molar-refractivity contribution in [2.24, 2.45) is 7.05 Å². The third-order valence-electron chi connectivity index (χ3n) is 1.07. The van der Waals surface area contributed by atoms with Crippen LogP contribution in [-0.2, 0) is 7.05 Å². The SMILES string of the molecule is COc1ncc(Br)n1C. The maximum absolute atomic E-state index is 4.89. The second kappa shape index (κ2) is 2.39. The topological polar surface area (TPSA) is 27.1 Å². The first-order valence-corrected chi connectivity index (χ1v) is 3.26. The zero-order valence-corrected chi connectivity index (χ0v) is 6.84. The molecule has 0 aliphatic carbocycles. The number of halogens is 1. The second-order valence-corrected chi connectivity index (χ2v) is 2.44. The Bertz CT molecular complexity index is 209. The number of nitrogens with zero attached hydrogens (tertiary/aromatic N) is 2. The van der Waals surface area contributed by atoms with Gasteiger partial charge in [0.1, 0.15) is 4.60 Å². The molecule has 0 radical (unpaired) electrons. The molecule has 3 nitrogen and oxygen atoms in total. The molecule has 0 aromatic carbocycles. The van der Waals surface area contributed by atoms with Gasteiger partial charge in [0.2, 0.25) is 0 Å². The fourth-order valence-corrected chi connectivity index (χ4v) is 0.817. The minimum atomic E-state index is 0.613. The highest BCUT2D eigenvalue weighted by Crippen LogP contribution is 2.14. The summed E-state index contributed by atoms with van der Waals surface area (Å²) in [6.07, 6.45) is 1.69. The van der Waals surface area contributed by atoms with Crippen molar-refractivity contribution < 1.29 is 4.74 Å². The number of hydrogen-bond donors (Lipinski definition) is 0. The summed E-state index contributed by atoms with van der Waals surface area (Å²) in [5, 5.41) is 0. The van der Waals surface area contributed by atoms with Crippen LogP contribution in [0.1, 0.15) is 0 Å². The Balaban J connectivity index is 3.04. The van der Waals surface area contributed by atoms with Crippen molar-refractivity contribution in [2.45, 2.75) is 0 Å². The summed E-state index contributed by atoms with van der Waals surface area (Å²) >= 11 is 3.28. The Morgan fingerprint density at radius 3 is 2.67 bits per heavy atom. The van der Waals surface area contributed by atoms with Crippen molar-refractivity contribution in [1.82, 2.24) is 9.55 Å². The van der Waals surface area contributed by atoms with Gasteiger partial charge in [0.25, 0.3) is 6.01 Å². The largest absolute Gasteiger partial charge is 0.468 e. The molecule has 4 heteroatoms. The van der Waals surface area contributed by atoms with Gasteiger partial charge in [-0.3, -0.25) is 4.57 Å². The minimum absolute atomic E-state index is 0.613. The predicted octanol–water partition coefficient (Wildman–Crippen LogP) is 1.19. The Hall–Kier alpha value is -0.510. The fraction of sp³-hybridized carbons (Fsp3) is 0.400. The van der Waals surface area contributed by atoms with Crippen molar-refractivity contribution in [3.63, 3.8) is 0 Å². The number of ether oxygens (including phenoxy) is 1. The highest BCUT2D eigenvalue weighted by molar-refractivity contribution is 9.10. The summed E-state index contributed by atoms with van der Waals surface area (Å²) in [5.74, 6) is 0. The van der Waals surface area contributed by atoms with Gasteiger partial charge in [0.05, 0.1) is 13.3 Å². The summed E-state index contributed by atoms with van der Waals surface area (Å²) in [6.45, 7) is 0.